The molecule has 0 aromatic rings. The van der Waals surface area contributed by atoms with Gasteiger partial charge in [-0.05, 0) is 33.6 Å². The first-order valence-corrected chi connectivity index (χ1v) is 7.79. The Kier molecular flexibility index (Phi) is 6.46. The second-order valence-electron chi connectivity index (χ2n) is 8.75. The maximum Gasteiger partial charge on any atom is 0.225 e. The fourth-order valence-corrected chi connectivity index (χ4v) is 1.65. The molecule has 21 heavy (non-hydrogen) atoms. The molecule has 2 N–H and O–H groups in total. The third-order valence-corrected chi connectivity index (χ3v) is 3.39. The Labute approximate surface area is 130 Å². The second-order valence-corrected chi connectivity index (χ2v) is 8.75. The molecule has 0 aliphatic rings. The predicted molar refractivity (Wildman–Crippen MR) is 88.0 cm³/mol. The van der Waals surface area contributed by atoms with Crippen LogP contribution >= 0.6 is 0 Å². The molecule has 0 fully saturated rings. The standard InChI is InChI=1S/C17H34N2O2/c1-12(18-13(20)15(2,3)4)10-11-17(8,9)19-14(21)16(5,6)7/h12H,10-11H2,1-9H3,(H,18,20)(H,19,21). The minimum absolute atomic E-state index is 0.0545. The van der Waals surface area contributed by atoms with E-state index < -0.39 is 0 Å². The van der Waals surface area contributed by atoms with Crippen LogP contribution in [-0.4, -0.2) is 23.4 Å². The molecule has 0 aliphatic heterocycles. The lowest BCUT2D eigenvalue weighted by molar-refractivity contribution is -0.131. The summed E-state index contributed by atoms with van der Waals surface area (Å²) in [5.74, 6) is 0.116. The van der Waals surface area contributed by atoms with Gasteiger partial charge in [0.25, 0.3) is 0 Å². The molecule has 124 valence electrons. The van der Waals surface area contributed by atoms with Gasteiger partial charge < -0.3 is 10.6 Å². The first kappa shape index (κ1) is 19.9. The van der Waals surface area contributed by atoms with E-state index in [2.05, 4.69) is 10.6 Å². The van der Waals surface area contributed by atoms with Gasteiger partial charge in [-0.15, -0.1) is 0 Å². The van der Waals surface area contributed by atoms with Gasteiger partial charge in [-0.1, -0.05) is 41.5 Å². The van der Waals surface area contributed by atoms with Gasteiger partial charge in [0.1, 0.15) is 0 Å². The molecule has 0 aromatic heterocycles. The number of carbonyl (C=O) groups excluding carboxylic acids is 2. The van der Waals surface area contributed by atoms with Crippen molar-refractivity contribution < 1.29 is 9.59 Å². The second kappa shape index (κ2) is 6.80. The number of hydrogen-bond donors (Lipinski definition) is 2. The van der Waals surface area contributed by atoms with Crippen LogP contribution < -0.4 is 10.6 Å². The molecular formula is C17H34N2O2. The zero-order valence-electron chi connectivity index (χ0n) is 15.3. The highest BCUT2D eigenvalue weighted by Gasteiger charge is 2.29. The van der Waals surface area contributed by atoms with Crippen LogP contribution in [0.4, 0.5) is 0 Å². The number of nitrogens with one attached hydrogen (secondary N) is 2. The van der Waals surface area contributed by atoms with Gasteiger partial charge in [0, 0.05) is 22.4 Å². The Hall–Kier alpha value is -1.06. The number of amides is 2. The summed E-state index contributed by atoms with van der Waals surface area (Å²) in [5.41, 5.74) is -1.03. The van der Waals surface area contributed by atoms with Gasteiger partial charge in [0.15, 0.2) is 0 Å². The monoisotopic (exact) mass is 298 g/mol. The normalized spacial score (nSPS) is 14.5. The molecular weight excluding hydrogens is 264 g/mol. The van der Waals surface area contributed by atoms with Crippen LogP contribution in [0.25, 0.3) is 0 Å². The molecule has 1 atom stereocenters. The van der Waals surface area contributed by atoms with Crippen LogP contribution in [-0.2, 0) is 9.59 Å². The summed E-state index contributed by atoms with van der Waals surface area (Å²) in [5, 5.41) is 6.11. The lowest BCUT2D eigenvalue weighted by Crippen LogP contribution is -2.49. The van der Waals surface area contributed by atoms with Crippen molar-refractivity contribution in [1.29, 1.82) is 0 Å². The summed E-state index contributed by atoms with van der Waals surface area (Å²) in [6, 6.07) is 0.0996. The first-order chi connectivity index (χ1) is 9.15. The Morgan fingerprint density at radius 2 is 1.29 bits per heavy atom. The van der Waals surface area contributed by atoms with E-state index in [4.69, 9.17) is 0 Å². The van der Waals surface area contributed by atoms with Gasteiger partial charge in [0.05, 0.1) is 0 Å². The number of carbonyl (C=O) groups is 2. The smallest absolute Gasteiger partial charge is 0.225 e. The summed E-state index contributed by atoms with van der Waals surface area (Å²) in [6.07, 6.45) is 1.65. The van der Waals surface area contributed by atoms with Gasteiger partial charge >= 0.3 is 0 Å². The predicted octanol–water partition coefficient (Wildman–Crippen LogP) is 3.26. The molecule has 4 nitrogen and oxygen atoms in total. The third-order valence-electron chi connectivity index (χ3n) is 3.39. The minimum Gasteiger partial charge on any atom is -0.353 e. The lowest BCUT2D eigenvalue weighted by Gasteiger charge is -2.31. The fraction of sp³-hybridized carbons (Fsp3) is 0.882. The highest BCUT2D eigenvalue weighted by Crippen LogP contribution is 2.19. The van der Waals surface area contributed by atoms with Crippen molar-refractivity contribution in [2.75, 3.05) is 0 Å². The van der Waals surface area contributed by atoms with Gasteiger partial charge in [-0.3, -0.25) is 9.59 Å². The molecule has 0 saturated carbocycles. The Bertz CT molecular complexity index is 373. The summed E-state index contributed by atoms with van der Waals surface area (Å²) in [6.45, 7) is 17.5. The van der Waals surface area contributed by atoms with Crippen molar-refractivity contribution in [2.24, 2.45) is 10.8 Å². The SMILES string of the molecule is CC(CCC(C)(C)NC(=O)C(C)(C)C)NC(=O)C(C)(C)C. The summed E-state index contributed by atoms with van der Waals surface area (Å²) in [4.78, 5) is 24.0. The molecule has 0 rings (SSSR count). The Morgan fingerprint density at radius 3 is 1.67 bits per heavy atom. The van der Waals surface area contributed by atoms with E-state index in [0.717, 1.165) is 12.8 Å². The van der Waals surface area contributed by atoms with E-state index in [9.17, 15) is 9.59 Å². The topological polar surface area (TPSA) is 58.2 Å². The molecule has 2 amide bonds. The van der Waals surface area contributed by atoms with Crippen LogP contribution in [0.1, 0.15) is 75.2 Å². The lowest BCUT2D eigenvalue weighted by atomic mass is 9.90. The van der Waals surface area contributed by atoms with E-state index in [0.29, 0.717) is 0 Å². The zero-order valence-corrected chi connectivity index (χ0v) is 15.3. The first-order valence-electron chi connectivity index (χ1n) is 7.79. The van der Waals surface area contributed by atoms with Gasteiger partial charge in [-0.25, -0.2) is 0 Å². The Morgan fingerprint density at radius 1 is 0.857 bits per heavy atom. The third kappa shape index (κ3) is 8.08. The quantitative estimate of drug-likeness (QED) is 0.818. The Balaban J connectivity index is 4.37. The van der Waals surface area contributed by atoms with Crippen LogP contribution in [0.15, 0.2) is 0 Å². The summed E-state index contributed by atoms with van der Waals surface area (Å²) < 4.78 is 0. The van der Waals surface area contributed by atoms with Crippen LogP contribution in [0.5, 0.6) is 0 Å². The summed E-state index contributed by atoms with van der Waals surface area (Å²) in [7, 11) is 0. The van der Waals surface area contributed by atoms with Gasteiger partial charge in [-0.2, -0.15) is 0 Å². The molecule has 0 radical (unpaired) electrons. The maximum atomic E-state index is 12.1. The molecule has 0 heterocycles. The van der Waals surface area contributed by atoms with Crippen LogP contribution in [0.2, 0.25) is 0 Å². The van der Waals surface area contributed by atoms with E-state index in [1.54, 1.807) is 0 Å². The zero-order chi connectivity index (χ0) is 17.1. The molecule has 4 heteroatoms. The van der Waals surface area contributed by atoms with E-state index in [1.807, 2.05) is 62.3 Å². The minimum atomic E-state index is -0.386. The highest BCUT2D eigenvalue weighted by atomic mass is 16.2. The van der Waals surface area contributed by atoms with Crippen LogP contribution in [0.3, 0.4) is 0 Å². The van der Waals surface area contributed by atoms with Crippen molar-refractivity contribution in [3.8, 4) is 0 Å². The van der Waals surface area contributed by atoms with Crippen molar-refractivity contribution in [3.05, 3.63) is 0 Å². The largest absolute Gasteiger partial charge is 0.353 e. The van der Waals surface area contributed by atoms with Crippen molar-refractivity contribution in [1.82, 2.24) is 10.6 Å². The average molecular weight is 298 g/mol. The van der Waals surface area contributed by atoms with Crippen molar-refractivity contribution >= 4 is 11.8 Å². The molecule has 1 unspecified atom stereocenters. The van der Waals surface area contributed by atoms with Crippen molar-refractivity contribution in [2.45, 2.75) is 86.7 Å². The fourth-order valence-electron chi connectivity index (χ4n) is 1.65. The maximum absolute atomic E-state index is 12.1. The summed E-state index contributed by atoms with van der Waals surface area (Å²) >= 11 is 0. The van der Waals surface area contributed by atoms with Crippen LogP contribution in [0, 0.1) is 10.8 Å². The number of hydrogen-bond acceptors (Lipinski definition) is 2. The molecule has 0 bridgehead atoms. The van der Waals surface area contributed by atoms with Crippen molar-refractivity contribution in [3.63, 3.8) is 0 Å². The molecule has 0 saturated heterocycles. The average Bonchev–Trinajstić information content (AvgIpc) is 2.23. The number of rotatable bonds is 5. The molecule has 0 aliphatic carbocycles. The van der Waals surface area contributed by atoms with E-state index in [-0.39, 0.29) is 34.2 Å². The van der Waals surface area contributed by atoms with E-state index in [1.165, 1.54) is 0 Å². The van der Waals surface area contributed by atoms with E-state index >= 15 is 0 Å². The van der Waals surface area contributed by atoms with Gasteiger partial charge in [0.2, 0.25) is 11.8 Å². The molecule has 0 spiro atoms. The molecule has 0 aromatic carbocycles. The highest BCUT2D eigenvalue weighted by molar-refractivity contribution is 5.82.